The van der Waals surface area contributed by atoms with Crippen molar-refractivity contribution >= 4 is 15.9 Å². The molecule has 86 valence electrons. The van der Waals surface area contributed by atoms with Crippen molar-refractivity contribution < 1.29 is 13.5 Å². The molecule has 0 bridgehead atoms. The number of fused-ring (bicyclic) bond motifs is 1. The Morgan fingerprint density at radius 2 is 2.12 bits per heavy atom. The fraction of sp³-hybridized carbons (Fsp3) is 0.455. The van der Waals surface area contributed by atoms with Gasteiger partial charge < -0.3 is 10.1 Å². The summed E-state index contributed by atoms with van der Waals surface area (Å²) in [6.45, 7) is 0.366. The Bertz CT molecular complexity index is 448. The molecule has 1 unspecified atom stereocenters. The van der Waals surface area contributed by atoms with Gasteiger partial charge in [-0.25, -0.2) is 4.39 Å². The summed E-state index contributed by atoms with van der Waals surface area (Å²) in [4.78, 5) is 0. The van der Waals surface area contributed by atoms with Crippen LogP contribution in [0.4, 0.5) is 8.78 Å². The maximum atomic E-state index is 13.5. The molecule has 0 saturated heterocycles. The van der Waals surface area contributed by atoms with Crippen LogP contribution in [0.3, 0.4) is 0 Å². The van der Waals surface area contributed by atoms with E-state index in [1.165, 1.54) is 0 Å². The van der Waals surface area contributed by atoms with Crippen LogP contribution in [0, 0.1) is 11.6 Å². The van der Waals surface area contributed by atoms with E-state index >= 15 is 0 Å². The second-order valence-electron chi connectivity index (χ2n) is 4.20. The van der Waals surface area contributed by atoms with Gasteiger partial charge in [-0.05, 0) is 18.9 Å². The number of ether oxygens (including phenoxy) is 1. The molecule has 1 aliphatic carbocycles. The summed E-state index contributed by atoms with van der Waals surface area (Å²) in [5.41, 5.74) is 0.700. The van der Waals surface area contributed by atoms with Gasteiger partial charge in [0.25, 0.3) is 0 Å². The van der Waals surface area contributed by atoms with E-state index in [2.05, 4.69) is 21.2 Å². The summed E-state index contributed by atoms with van der Waals surface area (Å²) in [6.07, 6.45) is 2.29. The van der Waals surface area contributed by atoms with Crippen LogP contribution in [-0.4, -0.2) is 12.6 Å². The third kappa shape index (κ3) is 1.62. The van der Waals surface area contributed by atoms with E-state index in [0.29, 0.717) is 22.7 Å². The molecule has 0 amide bonds. The van der Waals surface area contributed by atoms with Crippen molar-refractivity contribution in [3.05, 3.63) is 27.7 Å². The van der Waals surface area contributed by atoms with Crippen LogP contribution < -0.4 is 10.1 Å². The summed E-state index contributed by atoms with van der Waals surface area (Å²) < 4.78 is 32.4. The minimum absolute atomic E-state index is 0.0352. The van der Waals surface area contributed by atoms with E-state index in [0.717, 1.165) is 18.9 Å². The molecule has 1 N–H and O–H groups in total. The van der Waals surface area contributed by atoms with Crippen molar-refractivity contribution in [1.29, 1.82) is 0 Å². The highest BCUT2D eigenvalue weighted by Gasteiger charge is 2.34. The minimum Gasteiger partial charge on any atom is -0.488 e. The monoisotopic (exact) mass is 289 g/mol. The highest BCUT2D eigenvalue weighted by atomic mass is 79.9. The summed E-state index contributed by atoms with van der Waals surface area (Å²) in [7, 11) is 0. The molecule has 2 nitrogen and oxygen atoms in total. The highest BCUT2D eigenvalue weighted by molar-refractivity contribution is 9.10. The van der Waals surface area contributed by atoms with Gasteiger partial charge in [-0.2, -0.15) is 4.39 Å². The fourth-order valence-electron chi connectivity index (χ4n) is 1.97. The van der Waals surface area contributed by atoms with Gasteiger partial charge in [0.1, 0.15) is 6.61 Å². The van der Waals surface area contributed by atoms with Crippen molar-refractivity contribution in [3.8, 4) is 5.75 Å². The molecule has 1 heterocycles. The molecule has 1 aromatic rings. The van der Waals surface area contributed by atoms with Crippen LogP contribution >= 0.6 is 15.9 Å². The topological polar surface area (TPSA) is 21.3 Å². The maximum absolute atomic E-state index is 13.5. The van der Waals surface area contributed by atoms with Crippen LogP contribution in [0.2, 0.25) is 0 Å². The standard InChI is InChI=1S/C11H10BrF2NO/c12-6-3-7(13)10(14)11-9(6)8(4-16-11)15-5-1-2-5/h3,5,8,15H,1-2,4H2. The lowest BCUT2D eigenvalue weighted by molar-refractivity contribution is 0.296. The zero-order valence-electron chi connectivity index (χ0n) is 8.40. The van der Waals surface area contributed by atoms with Crippen LogP contribution in [0.5, 0.6) is 5.75 Å². The maximum Gasteiger partial charge on any atom is 0.201 e. The molecule has 1 fully saturated rings. The highest BCUT2D eigenvalue weighted by Crippen LogP contribution is 2.42. The summed E-state index contributed by atoms with van der Waals surface area (Å²) in [5, 5.41) is 3.35. The Kier molecular flexibility index (Phi) is 2.40. The quantitative estimate of drug-likeness (QED) is 0.846. The Balaban J connectivity index is 2.00. The van der Waals surface area contributed by atoms with E-state index in [-0.39, 0.29) is 11.8 Å². The van der Waals surface area contributed by atoms with Crippen molar-refractivity contribution in [2.75, 3.05) is 6.61 Å². The Morgan fingerprint density at radius 3 is 2.81 bits per heavy atom. The molecule has 2 aliphatic rings. The number of hydrogen-bond donors (Lipinski definition) is 1. The zero-order chi connectivity index (χ0) is 11.3. The lowest BCUT2D eigenvalue weighted by Crippen LogP contribution is -2.24. The van der Waals surface area contributed by atoms with E-state index in [4.69, 9.17) is 4.74 Å². The second-order valence-corrected chi connectivity index (χ2v) is 5.06. The molecule has 1 aromatic carbocycles. The largest absolute Gasteiger partial charge is 0.488 e. The number of halogens is 3. The van der Waals surface area contributed by atoms with Crippen LogP contribution in [0.15, 0.2) is 10.5 Å². The molecule has 0 spiro atoms. The summed E-state index contributed by atoms with van der Waals surface area (Å²) >= 11 is 3.26. The van der Waals surface area contributed by atoms with Gasteiger partial charge in [0, 0.05) is 16.1 Å². The van der Waals surface area contributed by atoms with E-state index < -0.39 is 11.6 Å². The number of rotatable bonds is 2. The predicted octanol–water partition coefficient (Wildman–Crippen LogP) is 2.91. The number of benzene rings is 1. The molecule has 1 saturated carbocycles. The first-order chi connectivity index (χ1) is 7.66. The molecule has 1 atom stereocenters. The number of hydrogen-bond acceptors (Lipinski definition) is 2. The first-order valence-corrected chi connectivity index (χ1v) is 6.02. The van der Waals surface area contributed by atoms with Gasteiger partial charge >= 0.3 is 0 Å². The van der Waals surface area contributed by atoms with Crippen LogP contribution in [-0.2, 0) is 0 Å². The Hall–Kier alpha value is -0.680. The van der Waals surface area contributed by atoms with Crippen molar-refractivity contribution in [1.82, 2.24) is 5.32 Å². The first kappa shape index (κ1) is 10.5. The summed E-state index contributed by atoms with van der Waals surface area (Å²) in [5.74, 6) is -1.72. The van der Waals surface area contributed by atoms with Crippen molar-refractivity contribution in [2.24, 2.45) is 0 Å². The zero-order valence-corrected chi connectivity index (χ0v) is 9.98. The van der Waals surface area contributed by atoms with Gasteiger partial charge in [-0.15, -0.1) is 0 Å². The van der Waals surface area contributed by atoms with Crippen LogP contribution in [0.1, 0.15) is 24.4 Å². The third-order valence-electron chi connectivity index (χ3n) is 2.92. The lowest BCUT2D eigenvalue weighted by atomic mass is 10.1. The van der Waals surface area contributed by atoms with Gasteiger partial charge in [-0.3, -0.25) is 0 Å². The van der Waals surface area contributed by atoms with Gasteiger partial charge in [0.15, 0.2) is 11.6 Å². The first-order valence-electron chi connectivity index (χ1n) is 5.23. The average Bonchev–Trinajstić information content (AvgIpc) is 2.93. The van der Waals surface area contributed by atoms with E-state index in [9.17, 15) is 8.78 Å². The SMILES string of the molecule is Fc1cc(Br)c2c(c1F)OCC2NC1CC1. The van der Waals surface area contributed by atoms with E-state index in [1.807, 2.05) is 0 Å². The smallest absolute Gasteiger partial charge is 0.201 e. The molecule has 16 heavy (non-hydrogen) atoms. The molecule has 3 rings (SSSR count). The van der Waals surface area contributed by atoms with Gasteiger partial charge in [0.2, 0.25) is 5.82 Å². The predicted molar refractivity (Wildman–Crippen MR) is 58.5 cm³/mol. The van der Waals surface area contributed by atoms with Crippen molar-refractivity contribution in [3.63, 3.8) is 0 Å². The lowest BCUT2D eigenvalue weighted by Gasteiger charge is -2.11. The minimum atomic E-state index is -0.890. The molecular weight excluding hydrogens is 280 g/mol. The van der Waals surface area contributed by atoms with Gasteiger partial charge in [0.05, 0.1) is 6.04 Å². The average molecular weight is 290 g/mol. The normalized spacial score (nSPS) is 23.1. The van der Waals surface area contributed by atoms with Gasteiger partial charge in [-0.1, -0.05) is 15.9 Å². The van der Waals surface area contributed by atoms with E-state index in [1.54, 1.807) is 0 Å². The molecular formula is C11H10BrF2NO. The Morgan fingerprint density at radius 1 is 1.38 bits per heavy atom. The van der Waals surface area contributed by atoms with Crippen molar-refractivity contribution in [2.45, 2.75) is 24.9 Å². The Labute approximate surface area is 100 Å². The molecule has 0 aromatic heterocycles. The summed E-state index contributed by atoms with van der Waals surface area (Å²) in [6, 6.07) is 1.62. The molecule has 1 aliphatic heterocycles. The second kappa shape index (κ2) is 3.67. The molecule has 0 radical (unpaired) electrons. The fourth-order valence-corrected chi connectivity index (χ4v) is 2.63. The molecule has 5 heteroatoms. The van der Waals surface area contributed by atoms with Crippen LogP contribution in [0.25, 0.3) is 0 Å². The number of nitrogens with one attached hydrogen (secondary N) is 1. The third-order valence-corrected chi connectivity index (χ3v) is 3.58.